The summed E-state index contributed by atoms with van der Waals surface area (Å²) in [4.78, 5) is 0. The predicted molar refractivity (Wildman–Crippen MR) is 66.6 cm³/mol. The molecular formula is C14H28. The van der Waals surface area contributed by atoms with Crippen LogP contribution >= 0.6 is 0 Å². The molecule has 0 nitrogen and oxygen atoms in total. The van der Waals surface area contributed by atoms with E-state index in [1.54, 1.807) is 0 Å². The summed E-state index contributed by atoms with van der Waals surface area (Å²) in [5.41, 5.74) is 0. The minimum atomic E-state index is 1.01. The van der Waals surface area contributed by atoms with Gasteiger partial charge >= 0.3 is 0 Å². The molecule has 0 atom stereocenters. The van der Waals surface area contributed by atoms with Crippen molar-refractivity contribution in [2.75, 3.05) is 0 Å². The highest BCUT2D eigenvalue weighted by Crippen LogP contribution is 2.20. The van der Waals surface area contributed by atoms with Crippen molar-refractivity contribution in [1.29, 1.82) is 0 Å². The summed E-state index contributed by atoms with van der Waals surface area (Å²) in [6, 6.07) is 0. The van der Waals surface area contributed by atoms with Gasteiger partial charge in [-0.25, -0.2) is 0 Å². The van der Waals surface area contributed by atoms with Crippen LogP contribution in [0.25, 0.3) is 0 Å². The highest BCUT2D eigenvalue weighted by atomic mass is 14.1. The lowest BCUT2D eigenvalue weighted by Crippen LogP contribution is -1.99. The second-order valence-electron chi connectivity index (χ2n) is 4.37. The lowest BCUT2D eigenvalue weighted by Gasteiger charge is -2.14. The summed E-state index contributed by atoms with van der Waals surface area (Å²) >= 11 is 0. The average Bonchev–Trinajstić information content (AvgIpc) is 2.18. The molecule has 84 valence electrons. The van der Waals surface area contributed by atoms with Crippen LogP contribution in [0, 0.1) is 5.92 Å². The van der Waals surface area contributed by atoms with Crippen molar-refractivity contribution in [3.8, 4) is 0 Å². The number of allylic oxidation sites excluding steroid dienone is 1. The lowest BCUT2D eigenvalue weighted by molar-refractivity contribution is 0.393. The van der Waals surface area contributed by atoms with Gasteiger partial charge in [-0.2, -0.15) is 0 Å². The van der Waals surface area contributed by atoms with E-state index in [1.807, 2.05) is 6.08 Å². The van der Waals surface area contributed by atoms with Crippen LogP contribution in [0.15, 0.2) is 12.7 Å². The third kappa shape index (κ3) is 8.34. The van der Waals surface area contributed by atoms with Crippen LogP contribution < -0.4 is 0 Å². The molecule has 0 saturated heterocycles. The minimum absolute atomic E-state index is 1.01. The van der Waals surface area contributed by atoms with Crippen molar-refractivity contribution in [3.63, 3.8) is 0 Å². The van der Waals surface area contributed by atoms with Crippen LogP contribution in [0.4, 0.5) is 0 Å². The zero-order valence-corrected chi connectivity index (χ0v) is 10.2. The van der Waals surface area contributed by atoms with E-state index in [4.69, 9.17) is 0 Å². The summed E-state index contributed by atoms with van der Waals surface area (Å²) in [6.45, 7) is 8.36. The first-order valence-corrected chi connectivity index (χ1v) is 6.46. The van der Waals surface area contributed by atoms with Crippen molar-refractivity contribution >= 4 is 0 Å². The molecule has 0 fully saturated rings. The van der Waals surface area contributed by atoms with E-state index in [0.717, 1.165) is 5.92 Å². The SMILES string of the molecule is C=CCCCCCC(CCC)CCC. The third-order valence-corrected chi connectivity index (χ3v) is 2.91. The van der Waals surface area contributed by atoms with Crippen molar-refractivity contribution in [3.05, 3.63) is 12.7 Å². The molecule has 14 heavy (non-hydrogen) atoms. The highest BCUT2D eigenvalue weighted by Gasteiger charge is 2.05. The van der Waals surface area contributed by atoms with Crippen molar-refractivity contribution in [2.24, 2.45) is 5.92 Å². The molecule has 0 aliphatic carbocycles. The van der Waals surface area contributed by atoms with Gasteiger partial charge in [0, 0.05) is 0 Å². The van der Waals surface area contributed by atoms with Gasteiger partial charge in [-0.15, -0.1) is 6.58 Å². The first kappa shape index (κ1) is 13.7. The fraction of sp³-hybridized carbons (Fsp3) is 0.857. The Balaban J connectivity index is 3.34. The van der Waals surface area contributed by atoms with Crippen LogP contribution in [0.1, 0.15) is 71.6 Å². The molecule has 0 spiro atoms. The summed E-state index contributed by atoms with van der Waals surface area (Å²) in [7, 11) is 0. The van der Waals surface area contributed by atoms with Gasteiger partial charge in [0.15, 0.2) is 0 Å². The van der Waals surface area contributed by atoms with Gasteiger partial charge < -0.3 is 0 Å². The highest BCUT2D eigenvalue weighted by molar-refractivity contribution is 4.66. The molecule has 0 bridgehead atoms. The zero-order chi connectivity index (χ0) is 10.6. The zero-order valence-electron chi connectivity index (χ0n) is 10.2. The van der Waals surface area contributed by atoms with E-state index in [0.29, 0.717) is 0 Å². The molecule has 0 aliphatic heterocycles. The topological polar surface area (TPSA) is 0 Å². The van der Waals surface area contributed by atoms with E-state index < -0.39 is 0 Å². The maximum atomic E-state index is 3.75. The van der Waals surface area contributed by atoms with Gasteiger partial charge in [-0.05, 0) is 18.8 Å². The van der Waals surface area contributed by atoms with Crippen molar-refractivity contribution < 1.29 is 0 Å². The standard InChI is InChI=1S/C14H28/c1-4-7-8-9-10-13-14(11-5-2)12-6-3/h4,14H,1,5-13H2,2-3H3. The fourth-order valence-electron chi connectivity index (χ4n) is 2.15. The molecule has 0 rings (SSSR count). The van der Waals surface area contributed by atoms with Gasteiger partial charge in [0.1, 0.15) is 0 Å². The summed E-state index contributed by atoms with van der Waals surface area (Å²) < 4.78 is 0. The Morgan fingerprint density at radius 3 is 2.07 bits per heavy atom. The molecule has 0 heteroatoms. The Morgan fingerprint density at radius 1 is 0.929 bits per heavy atom. The number of unbranched alkanes of at least 4 members (excludes halogenated alkanes) is 3. The summed E-state index contributed by atoms with van der Waals surface area (Å²) in [6.07, 6.45) is 14.5. The van der Waals surface area contributed by atoms with Crippen LogP contribution in [0.2, 0.25) is 0 Å². The maximum Gasteiger partial charge on any atom is -0.0353 e. The normalized spacial score (nSPS) is 10.8. The second kappa shape index (κ2) is 10.8. The molecule has 0 unspecified atom stereocenters. The molecule has 0 aromatic rings. The van der Waals surface area contributed by atoms with Crippen LogP contribution in [-0.2, 0) is 0 Å². The van der Waals surface area contributed by atoms with Gasteiger partial charge in [-0.3, -0.25) is 0 Å². The van der Waals surface area contributed by atoms with E-state index in [2.05, 4.69) is 20.4 Å². The molecule has 0 aromatic heterocycles. The third-order valence-electron chi connectivity index (χ3n) is 2.91. The number of hydrogen-bond donors (Lipinski definition) is 0. The Kier molecular flexibility index (Phi) is 10.6. The Hall–Kier alpha value is -0.260. The van der Waals surface area contributed by atoms with Crippen molar-refractivity contribution in [1.82, 2.24) is 0 Å². The largest absolute Gasteiger partial charge is 0.103 e. The van der Waals surface area contributed by atoms with Crippen LogP contribution in [-0.4, -0.2) is 0 Å². The summed E-state index contributed by atoms with van der Waals surface area (Å²) in [5.74, 6) is 1.01. The molecule has 0 amide bonds. The number of rotatable bonds is 10. The average molecular weight is 196 g/mol. The summed E-state index contributed by atoms with van der Waals surface area (Å²) in [5, 5.41) is 0. The maximum absolute atomic E-state index is 3.75. The first-order chi connectivity index (χ1) is 6.85. The monoisotopic (exact) mass is 196 g/mol. The van der Waals surface area contributed by atoms with Gasteiger partial charge in [0.2, 0.25) is 0 Å². The molecule has 0 saturated carbocycles. The number of hydrogen-bond acceptors (Lipinski definition) is 0. The molecule has 0 aliphatic rings. The van der Waals surface area contributed by atoms with Crippen molar-refractivity contribution in [2.45, 2.75) is 71.6 Å². The van der Waals surface area contributed by atoms with Crippen LogP contribution in [0.5, 0.6) is 0 Å². The van der Waals surface area contributed by atoms with Gasteiger partial charge in [0.25, 0.3) is 0 Å². The van der Waals surface area contributed by atoms with E-state index >= 15 is 0 Å². The van der Waals surface area contributed by atoms with Gasteiger partial charge in [-0.1, -0.05) is 64.9 Å². The Labute approximate surface area is 90.8 Å². The Morgan fingerprint density at radius 2 is 1.57 bits per heavy atom. The fourth-order valence-corrected chi connectivity index (χ4v) is 2.15. The molecule has 0 aromatic carbocycles. The molecule has 0 heterocycles. The molecule has 0 N–H and O–H groups in total. The quantitative estimate of drug-likeness (QED) is 0.327. The Bertz CT molecular complexity index is 109. The lowest BCUT2D eigenvalue weighted by atomic mass is 9.92. The second-order valence-corrected chi connectivity index (χ2v) is 4.37. The molecular weight excluding hydrogens is 168 g/mol. The molecule has 0 radical (unpaired) electrons. The van der Waals surface area contributed by atoms with Gasteiger partial charge in [0.05, 0.1) is 0 Å². The van der Waals surface area contributed by atoms with E-state index in [1.165, 1.54) is 57.8 Å². The smallest absolute Gasteiger partial charge is 0.0353 e. The first-order valence-electron chi connectivity index (χ1n) is 6.46. The predicted octanol–water partition coefficient (Wildman–Crippen LogP) is 5.34. The van der Waals surface area contributed by atoms with E-state index in [-0.39, 0.29) is 0 Å². The minimum Gasteiger partial charge on any atom is -0.103 e. The van der Waals surface area contributed by atoms with Crippen LogP contribution in [0.3, 0.4) is 0 Å². The van der Waals surface area contributed by atoms with E-state index in [9.17, 15) is 0 Å².